The Labute approximate surface area is 126 Å². The van der Waals surface area contributed by atoms with Gasteiger partial charge in [0.2, 0.25) is 5.91 Å². The van der Waals surface area contributed by atoms with E-state index in [-0.39, 0.29) is 17.9 Å². The summed E-state index contributed by atoms with van der Waals surface area (Å²) in [4.78, 5) is 26.5. The van der Waals surface area contributed by atoms with Crippen molar-refractivity contribution in [3.8, 4) is 0 Å². The Kier molecular flexibility index (Phi) is 4.52. The number of carbonyl (C=O) groups is 2. The summed E-state index contributed by atoms with van der Waals surface area (Å²) >= 11 is 7.66. The minimum absolute atomic E-state index is 0.108. The van der Waals surface area contributed by atoms with Gasteiger partial charge in [-0.25, -0.2) is 0 Å². The molecule has 2 rings (SSSR count). The number of hydrogen-bond acceptors (Lipinski definition) is 3. The van der Waals surface area contributed by atoms with Crippen LogP contribution in [0.4, 0.5) is 0 Å². The first kappa shape index (κ1) is 14.4. The number of likely N-dealkylation sites (N-methyl/N-ethyl adjacent to an activating group) is 1. The molecule has 0 saturated carbocycles. The van der Waals surface area contributed by atoms with E-state index in [2.05, 4.69) is 33.9 Å². The van der Waals surface area contributed by atoms with Crippen LogP contribution in [0.15, 0.2) is 27.6 Å². The summed E-state index contributed by atoms with van der Waals surface area (Å²) in [6.07, 6.45) is 1.56. The topological polar surface area (TPSA) is 49.4 Å². The lowest BCUT2D eigenvalue weighted by Crippen LogP contribution is -2.45. The SMILES string of the molecule is CNC(=O)C1CCCN1C(=O)c1ccc(Br)cc1S. The number of rotatable bonds is 2. The second-order valence-corrected chi connectivity index (χ2v) is 5.83. The molecule has 1 unspecified atom stereocenters. The number of halogens is 1. The zero-order chi connectivity index (χ0) is 14.0. The van der Waals surface area contributed by atoms with E-state index in [1.807, 2.05) is 0 Å². The van der Waals surface area contributed by atoms with Gasteiger partial charge in [-0.1, -0.05) is 15.9 Å². The maximum atomic E-state index is 12.5. The first-order valence-corrected chi connectivity index (χ1v) is 7.29. The molecule has 0 aliphatic carbocycles. The molecular weight excluding hydrogens is 328 g/mol. The van der Waals surface area contributed by atoms with Crippen LogP contribution in [-0.4, -0.2) is 36.3 Å². The zero-order valence-corrected chi connectivity index (χ0v) is 13.0. The number of thiol groups is 1. The largest absolute Gasteiger partial charge is 0.357 e. The van der Waals surface area contributed by atoms with Crippen LogP contribution in [-0.2, 0) is 4.79 Å². The molecule has 1 saturated heterocycles. The third kappa shape index (κ3) is 2.95. The highest BCUT2D eigenvalue weighted by Crippen LogP contribution is 2.25. The first-order chi connectivity index (χ1) is 9.04. The van der Waals surface area contributed by atoms with Gasteiger partial charge in [-0.15, -0.1) is 12.6 Å². The van der Waals surface area contributed by atoms with Crippen LogP contribution in [0.5, 0.6) is 0 Å². The summed E-state index contributed by atoms with van der Waals surface area (Å²) in [5.41, 5.74) is 0.530. The molecule has 0 aromatic heterocycles. The lowest BCUT2D eigenvalue weighted by molar-refractivity contribution is -0.124. The van der Waals surface area contributed by atoms with Crippen molar-refractivity contribution < 1.29 is 9.59 Å². The molecule has 1 N–H and O–H groups in total. The quantitative estimate of drug-likeness (QED) is 0.808. The molecule has 1 fully saturated rings. The van der Waals surface area contributed by atoms with Gasteiger partial charge < -0.3 is 10.2 Å². The van der Waals surface area contributed by atoms with Crippen molar-refractivity contribution in [3.05, 3.63) is 28.2 Å². The molecule has 4 nitrogen and oxygen atoms in total. The van der Waals surface area contributed by atoms with Gasteiger partial charge in [0.1, 0.15) is 6.04 Å². The van der Waals surface area contributed by atoms with Crippen molar-refractivity contribution in [2.75, 3.05) is 13.6 Å². The second-order valence-electron chi connectivity index (χ2n) is 4.43. The number of nitrogens with zero attached hydrogens (tertiary/aromatic N) is 1. The average molecular weight is 343 g/mol. The van der Waals surface area contributed by atoms with Gasteiger partial charge in [-0.2, -0.15) is 0 Å². The van der Waals surface area contributed by atoms with Crippen molar-refractivity contribution in [1.82, 2.24) is 10.2 Å². The Balaban J connectivity index is 2.25. The number of carbonyl (C=O) groups excluding carboxylic acids is 2. The number of hydrogen-bond donors (Lipinski definition) is 2. The second kappa shape index (κ2) is 5.96. The first-order valence-electron chi connectivity index (χ1n) is 6.05. The molecule has 1 atom stereocenters. The predicted molar refractivity (Wildman–Crippen MR) is 79.5 cm³/mol. The molecule has 0 spiro atoms. The lowest BCUT2D eigenvalue weighted by atomic mass is 10.1. The third-order valence-corrected chi connectivity index (χ3v) is 4.12. The van der Waals surface area contributed by atoms with Crippen LogP contribution in [0.2, 0.25) is 0 Å². The number of benzene rings is 1. The van der Waals surface area contributed by atoms with Crippen LogP contribution in [0.25, 0.3) is 0 Å². The summed E-state index contributed by atoms with van der Waals surface area (Å²) in [5.74, 6) is -0.243. The fraction of sp³-hybridized carbons (Fsp3) is 0.385. The standard InChI is InChI=1S/C13H15BrN2O2S/c1-15-12(17)10-3-2-6-16(10)13(18)9-5-4-8(14)7-11(9)19/h4-5,7,10,19H,2-3,6H2,1H3,(H,15,17). The summed E-state index contributed by atoms with van der Waals surface area (Å²) in [6, 6.07) is 4.95. The molecule has 2 amide bonds. The lowest BCUT2D eigenvalue weighted by Gasteiger charge is -2.24. The molecule has 1 aliphatic rings. The predicted octanol–water partition coefficient (Wildman–Crippen LogP) is 2.09. The molecule has 1 aliphatic heterocycles. The minimum Gasteiger partial charge on any atom is -0.357 e. The van der Waals surface area contributed by atoms with E-state index in [0.29, 0.717) is 23.4 Å². The monoisotopic (exact) mass is 342 g/mol. The highest BCUT2D eigenvalue weighted by atomic mass is 79.9. The molecule has 6 heteroatoms. The van der Waals surface area contributed by atoms with Crippen molar-refractivity contribution in [3.63, 3.8) is 0 Å². The van der Waals surface area contributed by atoms with E-state index >= 15 is 0 Å². The maximum Gasteiger partial charge on any atom is 0.255 e. The fourth-order valence-corrected chi connectivity index (χ4v) is 3.14. The van der Waals surface area contributed by atoms with Crippen LogP contribution in [0.3, 0.4) is 0 Å². The van der Waals surface area contributed by atoms with E-state index in [1.165, 1.54) is 0 Å². The normalized spacial score (nSPS) is 18.5. The van der Waals surface area contributed by atoms with Gasteiger partial charge in [0, 0.05) is 23.0 Å². The number of likely N-dealkylation sites (tertiary alicyclic amines) is 1. The van der Waals surface area contributed by atoms with E-state index in [9.17, 15) is 9.59 Å². The van der Waals surface area contributed by atoms with Crippen LogP contribution in [0.1, 0.15) is 23.2 Å². The zero-order valence-electron chi connectivity index (χ0n) is 10.5. The fourth-order valence-electron chi connectivity index (χ4n) is 2.29. The van der Waals surface area contributed by atoms with Crippen LogP contribution < -0.4 is 5.32 Å². The molecule has 0 radical (unpaired) electrons. The van der Waals surface area contributed by atoms with Crippen molar-refractivity contribution in [2.45, 2.75) is 23.8 Å². The van der Waals surface area contributed by atoms with Gasteiger partial charge in [-0.05, 0) is 31.0 Å². The summed E-state index contributed by atoms with van der Waals surface area (Å²) in [7, 11) is 1.59. The summed E-state index contributed by atoms with van der Waals surface area (Å²) in [5, 5.41) is 2.61. The molecule has 102 valence electrons. The van der Waals surface area contributed by atoms with Gasteiger partial charge in [0.25, 0.3) is 5.91 Å². The van der Waals surface area contributed by atoms with Crippen molar-refractivity contribution >= 4 is 40.4 Å². The smallest absolute Gasteiger partial charge is 0.255 e. The van der Waals surface area contributed by atoms with E-state index in [1.54, 1.807) is 30.1 Å². The van der Waals surface area contributed by atoms with Gasteiger partial charge in [0.05, 0.1) is 5.56 Å². The highest BCUT2D eigenvalue weighted by Gasteiger charge is 2.34. The number of nitrogens with one attached hydrogen (secondary N) is 1. The Bertz CT molecular complexity index is 521. The van der Waals surface area contributed by atoms with Gasteiger partial charge >= 0.3 is 0 Å². The van der Waals surface area contributed by atoms with Crippen LogP contribution >= 0.6 is 28.6 Å². The molecule has 1 aromatic rings. The Hall–Kier alpha value is -1.01. The molecule has 19 heavy (non-hydrogen) atoms. The third-order valence-electron chi connectivity index (χ3n) is 3.25. The molecule has 1 heterocycles. The molecule has 0 bridgehead atoms. The summed E-state index contributed by atoms with van der Waals surface area (Å²) in [6.45, 7) is 0.611. The number of amides is 2. The Morgan fingerprint density at radius 2 is 2.21 bits per heavy atom. The van der Waals surface area contributed by atoms with E-state index < -0.39 is 0 Å². The van der Waals surface area contributed by atoms with Crippen molar-refractivity contribution in [1.29, 1.82) is 0 Å². The Morgan fingerprint density at radius 1 is 1.47 bits per heavy atom. The average Bonchev–Trinajstić information content (AvgIpc) is 2.86. The van der Waals surface area contributed by atoms with E-state index in [0.717, 1.165) is 10.9 Å². The molecule has 1 aromatic carbocycles. The van der Waals surface area contributed by atoms with E-state index in [4.69, 9.17) is 0 Å². The Morgan fingerprint density at radius 3 is 2.84 bits per heavy atom. The summed E-state index contributed by atoms with van der Waals surface area (Å²) < 4.78 is 0.873. The van der Waals surface area contributed by atoms with Crippen LogP contribution in [0, 0.1) is 0 Å². The van der Waals surface area contributed by atoms with Crippen molar-refractivity contribution in [2.24, 2.45) is 0 Å². The maximum absolute atomic E-state index is 12.5. The van der Waals surface area contributed by atoms with Gasteiger partial charge in [-0.3, -0.25) is 9.59 Å². The minimum atomic E-state index is -0.367. The highest BCUT2D eigenvalue weighted by molar-refractivity contribution is 9.10. The van der Waals surface area contributed by atoms with Gasteiger partial charge in [0.15, 0.2) is 0 Å². The molecular formula is C13H15BrN2O2S.